The molecule has 0 nitrogen and oxygen atoms in total. The molecule has 0 unspecified atom stereocenters. The summed E-state index contributed by atoms with van der Waals surface area (Å²) in [6.07, 6.45) is 7.10. The van der Waals surface area contributed by atoms with Gasteiger partial charge in [-0.15, -0.1) is 11.6 Å². The van der Waals surface area contributed by atoms with E-state index in [4.69, 9.17) is 11.6 Å². The van der Waals surface area contributed by atoms with Crippen LogP contribution in [-0.2, 0) is 0 Å². The minimum atomic E-state index is -0.0589. The maximum absolute atomic E-state index is 6.21. The lowest BCUT2D eigenvalue weighted by Gasteiger charge is -2.29. The van der Waals surface area contributed by atoms with Gasteiger partial charge in [0.25, 0.3) is 0 Å². The van der Waals surface area contributed by atoms with Gasteiger partial charge in [-0.1, -0.05) is 19.1 Å². The van der Waals surface area contributed by atoms with E-state index in [2.05, 4.69) is 32.9 Å². The smallest absolute Gasteiger partial charge is 0.0453 e. The molecule has 1 aliphatic carbocycles. The Kier molecular flexibility index (Phi) is 2.64. The van der Waals surface area contributed by atoms with Crippen LogP contribution in [0.15, 0.2) is 12.2 Å². The molecule has 64 valence electrons. The Balaban J connectivity index is 2.57. The Bertz CT molecular complexity index is 153. The van der Waals surface area contributed by atoms with Crippen molar-refractivity contribution in [2.45, 2.75) is 38.5 Å². The summed E-state index contributed by atoms with van der Waals surface area (Å²) in [5, 5.41) is 0. The molecule has 1 aliphatic rings. The summed E-state index contributed by atoms with van der Waals surface area (Å²) in [6, 6.07) is 0. The van der Waals surface area contributed by atoms with Crippen molar-refractivity contribution in [2.24, 2.45) is 11.8 Å². The van der Waals surface area contributed by atoms with E-state index in [0.29, 0.717) is 5.92 Å². The van der Waals surface area contributed by atoms with Crippen LogP contribution in [0.2, 0.25) is 0 Å². The van der Waals surface area contributed by atoms with Crippen LogP contribution in [0.1, 0.15) is 33.6 Å². The van der Waals surface area contributed by atoms with Crippen LogP contribution in [0.25, 0.3) is 0 Å². The van der Waals surface area contributed by atoms with E-state index in [9.17, 15) is 0 Å². The van der Waals surface area contributed by atoms with E-state index in [-0.39, 0.29) is 4.87 Å². The van der Waals surface area contributed by atoms with Gasteiger partial charge in [0.1, 0.15) is 0 Å². The number of allylic oxidation sites excluding steroid dienone is 2. The molecule has 0 fully saturated rings. The fraction of sp³-hybridized carbons (Fsp3) is 0.800. The molecule has 1 rings (SSSR count). The third-order valence-electron chi connectivity index (χ3n) is 2.49. The molecular weight excluding hydrogens is 156 g/mol. The fourth-order valence-electron chi connectivity index (χ4n) is 1.53. The average Bonchev–Trinajstić information content (AvgIpc) is 1.86. The lowest BCUT2D eigenvalue weighted by atomic mass is 9.83. The van der Waals surface area contributed by atoms with Crippen molar-refractivity contribution in [2.75, 3.05) is 0 Å². The lowest BCUT2D eigenvalue weighted by Crippen LogP contribution is -2.25. The summed E-state index contributed by atoms with van der Waals surface area (Å²) in [5.41, 5.74) is 0. The molecule has 0 heterocycles. The second-order valence-electron chi connectivity index (χ2n) is 4.11. The van der Waals surface area contributed by atoms with Crippen LogP contribution in [0.5, 0.6) is 0 Å². The second-order valence-corrected chi connectivity index (χ2v) is 5.08. The van der Waals surface area contributed by atoms with Crippen LogP contribution in [0, 0.1) is 11.8 Å². The SMILES string of the molecule is C[C@@H]1C=C[C@H](C(C)(C)Cl)CC1. The number of halogens is 1. The first kappa shape index (κ1) is 9.12. The molecule has 0 aromatic rings. The Hall–Kier alpha value is 0.0300. The van der Waals surface area contributed by atoms with Gasteiger partial charge in [0.2, 0.25) is 0 Å². The Morgan fingerprint density at radius 1 is 1.27 bits per heavy atom. The summed E-state index contributed by atoms with van der Waals surface area (Å²) >= 11 is 6.21. The number of rotatable bonds is 1. The van der Waals surface area contributed by atoms with Gasteiger partial charge in [-0.05, 0) is 38.5 Å². The third kappa shape index (κ3) is 2.52. The van der Waals surface area contributed by atoms with Gasteiger partial charge in [0, 0.05) is 4.87 Å². The molecular formula is C10H17Cl. The van der Waals surface area contributed by atoms with Crippen molar-refractivity contribution in [3.63, 3.8) is 0 Å². The van der Waals surface area contributed by atoms with Gasteiger partial charge >= 0.3 is 0 Å². The van der Waals surface area contributed by atoms with E-state index in [1.54, 1.807) is 0 Å². The summed E-state index contributed by atoms with van der Waals surface area (Å²) in [7, 11) is 0. The highest BCUT2D eigenvalue weighted by Gasteiger charge is 2.26. The molecule has 0 aromatic carbocycles. The predicted octanol–water partition coefficient (Wildman–Crippen LogP) is 3.61. The van der Waals surface area contributed by atoms with E-state index in [1.165, 1.54) is 12.8 Å². The molecule has 0 bridgehead atoms. The van der Waals surface area contributed by atoms with Crippen molar-refractivity contribution in [3.8, 4) is 0 Å². The molecule has 0 spiro atoms. The topological polar surface area (TPSA) is 0 Å². The van der Waals surface area contributed by atoms with Gasteiger partial charge in [-0.3, -0.25) is 0 Å². The molecule has 11 heavy (non-hydrogen) atoms. The molecule has 0 saturated carbocycles. The Morgan fingerprint density at radius 2 is 1.91 bits per heavy atom. The summed E-state index contributed by atoms with van der Waals surface area (Å²) in [5.74, 6) is 1.32. The quantitative estimate of drug-likeness (QED) is 0.419. The summed E-state index contributed by atoms with van der Waals surface area (Å²) < 4.78 is 0. The zero-order valence-electron chi connectivity index (χ0n) is 7.60. The van der Waals surface area contributed by atoms with E-state index in [0.717, 1.165) is 5.92 Å². The van der Waals surface area contributed by atoms with E-state index >= 15 is 0 Å². The van der Waals surface area contributed by atoms with Crippen LogP contribution in [0.4, 0.5) is 0 Å². The minimum absolute atomic E-state index is 0.0589. The van der Waals surface area contributed by atoms with Crippen molar-refractivity contribution in [1.29, 1.82) is 0 Å². The van der Waals surface area contributed by atoms with Gasteiger partial charge in [0.15, 0.2) is 0 Å². The normalized spacial score (nSPS) is 32.4. The second kappa shape index (κ2) is 3.18. The molecule has 0 aliphatic heterocycles. The molecule has 0 amide bonds. The zero-order chi connectivity index (χ0) is 8.48. The average molecular weight is 173 g/mol. The van der Waals surface area contributed by atoms with Gasteiger partial charge in [-0.2, -0.15) is 0 Å². The Morgan fingerprint density at radius 3 is 2.27 bits per heavy atom. The van der Waals surface area contributed by atoms with Crippen molar-refractivity contribution in [1.82, 2.24) is 0 Å². The molecule has 0 N–H and O–H groups in total. The molecule has 0 saturated heterocycles. The fourth-order valence-corrected chi connectivity index (χ4v) is 1.71. The highest BCUT2D eigenvalue weighted by Crippen LogP contribution is 2.33. The molecule has 2 atom stereocenters. The van der Waals surface area contributed by atoms with E-state index < -0.39 is 0 Å². The first-order valence-electron chi connectivity index (χ1n) is 4.37. The van der Waals surface area contributed by atoms with Crippen LogP contribution >= 0.6 is 11.6 Å². The number of alkyl halides is 1. The molecule has 0 aromatic heterocycles. The maximum Gasteiger partial charge on any atom is 0.0453 e. The monoisotopic (exact) mass is 172 g/mol. The minimum Gasteiger partial charge on any atom is -0.119 e. The van der Waals surface area contributed by atoms with E-state index in [1.807, 2.05) is 0 Å². The largest absolute Gasteiger partial charge is 0.119 e. The zero-order valence-corrected chi connectivity index (χ0v) is 8.36. The molecule has 0 radical (unpaired) electrons. The van der Waals surface area contributed by atoms with Crippen LogP contribution < -0.4 is 0 Å². The highest BCUT2D eigenvalue weighted by molar-refractivity contribution is 6.23. The number of hydrogen-bond donors (Lipinski definition) is 0. The first-order valence-corrected chi connectivity index (χ1v) is 4.75. The van der Waals surface area contributed by atoms with Crippen molar-refractivity contribution in [3.05, 3.63) is 12.2 Å². The highest BCUT2D eigenvalue weighted by atomic mass is 35.5. The third-order valence-corrected chi connectivity index (χ3v) is 2.77. The predicted molar refractivity (Wildman–Crippen MR) is 51.0 cm³/mol. The van der Waals surface area contributed by atoms with Crippen molar-refractivity contribution < 1.29 is 0 Å². The maximum atomic E-state index is 6.21. The molecule has 1 heteroatoms. The summed E-state index contributed by atoms with van der Waals surface area (Å²) in [6.45, 7) is 6.45. The van der Waals surface area contributed by atoms with Gasteiger partial charge in [0.05, 0.1) is 0 Å². The first-order chi connectivity index (χ1) is 5.00. The van der Waals surface area contributed by atoms with Crippen LogP contribution in [-0.4, -0.2) is 4.87 Å². The van der Waals surface area contributed by atoms with Crippen molar-refractivity contribution >= 4 is 11.6 Å². The van der Waals surface area contributed by atoms with Gasteiger partial charge in [-0.25, -0.2) is 0 Å². The standard InChI is InChI=1S/C10H17Cl/c1-8-4-6-9(7-5-8)10(2,3)11/h4,6,8-9H,5,7H2,1-3H3/t8-,9+/m1/s1. The van der Waals surface area contributed by atoms with Gasteiger partial charge < -0.3 is 0 Å². The summed E-state index contributed by atoms with van der Waals surface area (Å²) in [4.78, 5) is -0.0589. The lowest BCUT2D eigenvalue weighted by molar-refractivity contribution is 0.406. The number of hydrogen-bond acceptors (Lipinski definition) is 0. The van der Waals surface area contributed by atoms with Crippen LogP contribution in [0.3, 0.4) is 0 Å². The Labute approximate surface area is 74.6 Å².